The lowest BCUT2D eigenvalue weighted by molar-refractivity contribution is 0.413. The van der Waals surface area contributed by atoms with E-state index in [1.54, 1.807) is 13.4 Å². The molecule has 5 heteroatoms. The molecule has 2 rings (SSSR count). The molecule has 0 aliphatic heterocycles. The van der Waals surface area contributed by atoms with E-state index in [2.05, 4.69) is 42.2 Å². The van der Waals surface area contributed by atoms with Gasteiger partial charge in [-0.2, -0.15) is 5.10 Å². The van der Waals surface area contributed by atoms with Crippen LogP contribution in [0.2, 0.25) is 0 Å². The standard InChI is InChI=1S/C15H22N4O/c1-15(2,3)17-9-14-16-11-19(18-14)10-12-6-5-7-13(8-12)20-4/h5-8,11,17H,9-10H2,1-4H3. The summed E-state index contributed by atoms with van der Waals surface area (Å²) < 4.78 is 7.06. The quantitative estimate of drug-likeness (QED) is 0.908. The van der Waals surface area contributed by atoms with Gasteiger partial charge in [0.1, 0.15) is 12.1 Å². The van der Waals surface area contributed by atoms with E-state index in [0.717, 1.165) is 17.1 Å². The maximum atomic E-state index is 5.22. The molecule has 0 radical (unpaired) electrons. The maximum absolute atomic E-state index is 5.22. The van der Waals surface area contributed by atoms with Crippen LogP contribution in [0.1, 0.15) is 32.2 Å². The molecule has 5 nitrogen and oxygen atoms in total. The van der Waals surface area contributed by atoms with Crippen LogP contribution in [0.25, 0.3) is 0 Å². The fourth-order valence-electron chi connectivity index (χ4n) is 1.79. The fourth-order valence-corrected chi connectivity index (χ4v) is 1.79. The molecule has 0 unspecified atom stereocenters. The number of nitrogens with zero attached hydrogens (tertiary/aromatic N) is 3. The Kier molecular flexibility index (Phi) is 4.39. The van der Waals surface area contributed by atoms with Gasteiger partial charge in [0.2, 0.25) is 0 Å². The highest BCUT2D eigenvalue weighted by Crippen LogP contribution is 2.13. The SMILES string of the molecule is COc1cccc(Cn2cnc(CNC(C)(C)C)n2)c1. The first-order valence-electron chi connectivity index (χ1n) is 6.72. The predicted molar refractivity (Wildman–Crippen MR) is 78.7 cm³/mol. The summed E-state index contributed by atoms with van der Waals surface area (Å²) in [5.41, 5.74) is 1.21. The van der Waals surface area contributed by atoms with Crippen LogP contribution in [0.3, 0.4) is 0 Å². The van der Waals surface area contributed by atoms with Crippen molar-refractivity contribution in [1.82, 2.24) is 20.1 Å². The summed E-state index contributed by atoms with van der Waals surface area (Å²) in [6, 6.07) is 7.97. The van der Waals surface area contributed by atoms with Gasteiger partial charge < -0.3 is 10.1 Å². The van der Waals surface area contributed by atoms with Crippen LogP contribution in [-0.4, -0.2) is 27.4 Å². The Balaban J connectivity index is 1.98. The molecule has 108 valence electrons. The Morgan fingerprint density at radius 1 is 1.30 bits per heavy atom. The van der Waals surface area contributed by atoms with Gasteiger partial charge in [-0.05, 0) is 38.5 Å². The number of ether oxygens (including phenoxy) is 1. The van der Waals surface area contributed by atoms with Gasteiger partial charge in [-0.1, -0.05) is 12.1 Å². The van der Waals surface area contributed by atoms with Gasteiger partial charge in [-0.25, -0.2) is 9.67 Å². The summed E-state index contributed by atoms with van der Waals surface area (Å²) in [6.45, 7) is 7.75. The minimum absolute atomic E-state index is 0.0677. The number of methoxy groups -OCH3 is 1. The Hall–Kier alpha value is -1.88. The predicted octanol–water partition coefficient (Wildman–Crippen LogP) is 2.22. The molecule has 0 aliphatic carbocycles. The molecular formula is C15H22N4O. The van der Waals surface area contributed by atoms with Crippen LogP contribution >= 0.6 is 0 Å². The number of hydrogen-bond acceptors (Lipinski definition) is 4. The topological polar surface area (TPSA) is 52.0 Å². The van der Waals surface area contributed by atoms with Crippen LogP contribution in [-0.2, 0) is 13.1 Å². The lowest BCUT2D eigenvalue weighted by atomic mass is 10.1. The van der Waals surface area contributed by atoms with Crippen LogP contribution in [0.4, 0.5) is 0 Å². The molecule has 0 saturated heterocycles. The summed E-state index contributed by atoms with van der Waals surface area (Å²) in [5, 5.41) is 7.84. The summed E-state index contributed by atoms with van der Waals surface area (Å²) in [6.07, 6.45) is 1.76. The zero-order chi connectivity index (χ0) is 14.6. The third kappa shape index (κ3) is 4.35. The number of benzene rings is 1. The minimum atomic E-state index is 0.0677. The van der Waals surface area contributed by atoms with E-state index in [0.29, 0.717) is 13.1 Å². The van der Waals surface area contributed by atoms with E-state index < -0.39 is 0 Å². The molecule has 0 bridgehead atoms. The van der Waals surface area contributed by atoms with Gasteiger partial charge >= 0.3 is 0 Å². The van der Waals surface area contributed by atoms with Gasteiger partial charge in [-0.15, -0.1) is 0 Å². The van der Waals surface area contributed by atoms with Gasteiger partial charge in [0.05, 0.1) is 20.2 Å². The number of hydrogen-bond donors (Lipinski definition) is 1. The molecule has 0 aliphatic rings. The van der Waals surface area contributed by atoms with E-state index in [1.165, 1.54) is 0 Å². The average molecular weight is 274 g/mol. The van der Waals surface area contributed by atoms with Crippen molar-refractivity contribution in [1.29, 1.82) is 0 Å². The Labute approximate surface area is 120 Å². The zero-order valence-corrected chi connectivity index (χ0v) is 12.6. The van der Waals surface area contributed by atoms with E-state index >= 15 is 0 Å². The highest BCUT2D eigenvalue weighted by Gasteiger charge is 2.10. The second-order valence-corrected chi connectivity index (χ2v) is 5.81. The van der Waals surface area contributed by atoms with Gasteiger partial charge in [0, 0.05) is 5.54 Å². The number of aromatic nitrogens is 3. The highest BCUT2D eigenvalue weighted by molar-refractivity contribution is 5.28. The van der Waals surface area contributed by atoms with Gasteiger partial charge in [-0.3, -0.25) is 0 Å². The Bertz CT molecular complexity index is 557. The van der Waals surface area contributed by atoms with Crippen molar-refractivity contribution in [2.24, 2.45) is 0 Å². The maximum Gasteiger partial charge on any atom is 0.164 e. The molecule has 1 heterocycles. The molecule has 1 N–H and O–H groups in total. The van der Waals surface area contributed by atoms with Crippen molar-refractivity contribution in [2.45, 2.75) is 39.4 Å². The second-order valence-electron chi connectivity index (χ2n) is 5.81. The summed E-state index contributed by atoms with van der Waals surface area (Å²) >= 11 is 0. The van der Waals surface area contributed by atoms with Gasteiger partial charge in [0.15, 0.2) is 5.82 Å². The largest absolute Gasteiger partial charge is 0.497 e. The molecule has 0 spiro atoms. The van der Waals surface area contributed by atoms with Crippen molar-refractivity contribution in [2.75, 3.05) is 7.11 Å². The average Bonchev–Trinajstić information content (AvgIpc) is 2.83. The molecule has 0 saturated carbocycles. The van der Waals surface area contributed by atoms with Crippen molar-refractivity contribution < 1.29 is 4.74 Å². The summed E-state index contributed by atoms with van der Waals surface area (Å²) in [7, 11) is 1.67. The fraction of sp³-hybridized carbons (Fsp3) is 0.467. The number of rotatable bonds is 5. The van der Waals surface area contributed by atoms with Crippen molar-refractivity contribution >= 4 is 0 Å². The molecular weight excluding hydrogens is 252 g/mol. The third-order valence-corrected chi connectivity index (χ3v) is 2.84. The minimum Gasteiger partial charge on any atom is -0.497 e. The normalized spacial score (nSPS) is 11.6. The third-order valence-electron chi connectivity index (χ3n) is 2.84. The summed E-state index contributed by atoms with van der Waals surface area (Å²) in [5.74, 6) is 1.67. The molecule has 0 fully saturated rings. The van der Waals surface area contributed by atoms with Crippen LogP contribution < -0.4 is 10.1 Å². The molecule has 1 aromatic carbocycles. The Morgan fingerprint density at radius 3 is 2.80 bits per heavy atom. The monoisotopic (exact) mass is 274 g/mol. The van der Waals surface area contributed by atoms with E-state index in [1.807, 2.05) is 22.9 Å². The molecule has 0 atom stereocenters. The van der Waals surface area contributed by atoms with Crippen LogP contribution in [0, 0.1) is 0 Å². The molecule has 20 heavy (non-hydrogen) atoms. The smallest absolute Gasteiger partial charge is 0.164 e. The lowest BCUT2D eigenvalue weighted by Crippen LogP contribution is -2.35. The lowest BCUT2D eigenvalue weighted by Gasteiger charge is -2.19. The second kappa shape index (κ2) is 6.05. The first-order valence-corrected chi connectivity index (χ1v) is 6.72. The molecule has 2 aromatic rings. The van der Waals surface area contributed by atoms with Crippen LogP contribution in [0.15, 0.2) is 30.6 Å². The van der Waals surface area contributed by atoms with Crippen molar-refractivity contribution in [3.63, 3.8) is 0 Å². The zero-order valence-electron chi connectivity index (χ0n) is 12.6. The van der Waals surface area contributed by atoms with E-state index in [4.69, 9.17) is 4.74 Å². The van der Waals surface area contributed by atoms with Crippen molar-refractivity contribution in [3.8, 4) is 5.75 Å². The molecule has 0 amide bonds. The summed E-state index contributed by atoms with van der Waals surface area (Å²) in [4.78, 5) is 4.32. The number of nitrogens with one attached hydrogen (secondary N) is 1. The van der Waals surface area contributed by atoms with Crippen molar-refractivity contribution in [3.05, 3.63) is 42.0 Å². The molecule has 1 aromatic heterocycles. The first kappa shape index (κ1) is 14.5. The van der Waals surface area contributed by atoms with Gasteiger partial charge in [0.25, 0.3) is 0 Å². The Morgan fingerprint density at radius 2 is 2.10 bits per heavy atom. The van der Waals surface area contributed by atoms with E-state index in [-0.39, 0.29) is 5.54 Å². The first-order chi connectivity index (χ1) is 9.46. The highest BCUT2D eigenvalue weighted by atomic mass is 16.5. The van der Waals surface area contributed by atoms with Crippen LogP contribution in [0.5, 0.6) is 5.75 Å². The van der Waals surface area contributed by atoms with E-state index in [9.17, 15) is 0 Å².